The lowest BCUT2D eigenvalue weighted by molar-refractivity contribution is -0.123. The van der Waals surface area contributed by atoms with Gasteiger partial charge in [-0.1, -0.05) is 24.3 Å². The summed E-state index contributed by atoms with van der Waals surface area (Å²) in [7, 11) is 0. The van der Waals surface area contributed by atoms with E-state index in [4.69, 9.17) is 9.72 Å². The number of carbonyl (C=O) groups excluding carboxylic acids is 2. The minimum atomic E-state index is -0.259. The van der Waals surface area contributed by atoms with Crippen molar-refractivity contribution in [3.8, 4) is 17.0 Å². The molecule has 2 aromatic carbocycles. The number of imidazole rings is 1. The molecule has 0 atom stereocenters. The second kappa shape index (κ2) is 7.67. The first-order chi connectivity index (χ1) is 14.7. The number of benzene rings is 2. The van der Waals surface area contributed by atoms with Crippen molar-refractivity contribution in [3.05, 3.63) is 60.6 Å². The largest absolute Gasteiger partial charge is 0.482 e. The number of nitrogens with one attached hydrogen (secondary N) is 1. The summed E-state index contributed by atoms with van der Waals surface area (Å²) >= 11 is 0. The predicted octanol–water partition coefficient (Wildman–Crippen LogP) is 3.25. The van der Waals surface area contributed by atoms with Crippen LogP contribution in [0, 0.1) is 0 Å². The van der Waals surface area contributed by atoms with Gasteiger partial charge in [0.05, 0.1) is 11.4 Å². The van der Waals surface area contributed by atoms with Crippen molar-refractivity contribution in [3.63, 3.8) is 0 Å². The Hall–Kier alpha value is -3.61. The van der Waals surface area contributed by atoms with Crippen LogP contribution in [0.25, 0.3) is 11.3 Å². The van der Waals surface area contributed by atoms with Crippen LogP contribution in [-0.2, 0) is 22.6 Å². The zero-order valence-electron chi connectivity index (χ0n) is 16.5. The minimum absolute atomic E-state index is 0.0608. The summed E-state index contributed by atoms with van der Waals surface area (Å²) < 4.78 is 7.65. The molecule has 0 aliphatic carbocycles. The summed E-state index contributed by atoms with van der Waals surface area (Å²) in [6.07, 6.45) is 5.52. The molecule has 1 N–H and O–H groups in total. The maximum absolute atomic E-state index is 12.6. The van der Waals surface area contributed by atoms with Gasteiger partial charge in [-0.2, -0.15) is 0 Å². The lowest BCUT2D eigenvalue weighted by Crippen LogP contribution is -2.43. The van der Waals surface area contributed by atoms with E-state index in [2.05, 4.69) is 16.1 Å². The highest BCUT2D eigenvalue weighted by atomic mass is 16.5. The molecule has 152 valence electrons. The Balaban J connectivity index is 1.27. The van der Waals surface area contributed by atoms with Crippen molar-refractivity contribution in [2.24, 2.45) is 0 Å². The van der Waals surface area contributed by atoms with E-state index >= 15 is 0 Å². The van der Waals surface area contributed by atoms with E-state index in [1.165, 1.54) is 17.7 Å². The molecule has 0 saturated carbocycles. The number of aromatic nitrogens is 2. The number of rotatable bonds is 4. The van der Waals surface area contributed by atoms with Gasteiger partial charge in [0.25, 0.3) is 5.91 Å². The van der Waals surface area contributed by atoms with Gasteiger partial charge in [-0.15, -0.1) is 0 Å². The normalized spacial score (nSPS) is 15.2. The van der Waals surface area contributed by atoms with Crippen LogP contribution in [0.5, 0.6) is 5.75 Å². The fourth-order valence-electron chi connectivity index (χ4n) is 3.95. The number of para-hydroxylation sites is 2. The third kappa shape index (κ3) is 3.54. The maximum atomic E-state index is 12.6. The minimum Gasteiger partial charge on any atom is -0.482 e. The van der Waals surface area contributed by atoms with Crippen molar-refractivity contribution in [2.75, 3.05) is 23.4 Å². The second-order valence-electron chi connectivity index (χ2n) is 7.55. The Morgan fingerprint density at radius 2 is 1.93 bits per heavy atom. The first-order valence-corrected chi connectivity index (χ1v) is 10.2. The number of hydrogen-bond donors (Lipinski definition) is 1. The van der Waals surface area contributed by atoms with Gasteiger partial charge in [0, 0.05) is 30.4 Å². The molecule has 0 unspecified atom stereocenters. The molecule has 7 nitrogen and oxygen atoms in total. The van der Waals surface area contributed by atoms with Crippen LogP contribution in [-0.4, -0.2) is 34.5 Å². The highest BCUT2D eigenvalue weighted by molar-refractivity contribution is 6.05. The first kappa shape index (κ1) is 18.4. The summed E-state index contributed by atoms with van der Waals surface area (Å²) in [5.41, 5.74) is 3.28. The molecule has 5 rings (SSSR count). The van der Waals surface area contributed by atoms with Crippen LogP contribution in [0.1, 0.15) is 18.7 Å². The van der Waals surface area contributed by atoms with E-state index in [1.54, 1.807) is 12.1 Å². The maximum Gasteiger partial charge on any atom is 0.265 e. The zero-order valence-corrected chi connectivity index (χ0v) is 16.5. The fourth-order valence-corrected chi connectivity index (χ4v) is 3.95. The topological polar surface area (TPSA) is 76.5 Å². The Morgan fingerprint density at radius 3 is 2.77 bits per heavy atom. The number of hydrogen-bond acceptors (Lipinski definition) is 4. The van der Waals surface area contributed by atoms with E-state index in [0.29, 0.717) is 17.1 Å². The van der Waals surface area contributed by atoms with E-state index < -0.39 is 0 Å². The van der Waals surface area contributed by atoms with Crippen molar-refractivity contribution in [1.29, 1.82) is 0 Å². The lowest BCUT2D eigenvalue weighted by Gasteiger charge is -2.28. The highest BCUT2D eigenvalue weighted by Gasteiger charge is 2.27. The zero-order chi connectivity index (χ0) is 20.5. The Labute approximate surface area is 174 Å². The highest BCUT2D eigenvalue weighted by Crippen LogP contribution is 2.31. The van der Waals surface area contributed by atoms with E-state index in [9.17, 15) is 9.59 Å². The van der Waals surface area contributed by atoms with Gasteiger partial charge < -0.3 is 14.6 Å². The van der Waals surface area contributed by atoms with Gasteiger partial charge in [0.15, 0.2) is 6.61 Å². The molecule has 0 radical (unpaired) electrons. The number of anilines is 2. The fraction of sp³-hybridized carbons (Fsp3) is 0.261. The standard InChI is InChI=1S/C23H22N4O3/c28-22(14-27-19-5-1-2-6-20(19)30-15-23(27)29)24-17-10-8-16(9-11-17)18-13-26-12-4-3-7-21(26)25-18/h1-2,5-6,8-11,13H,3-4,7,12,14-15H2,(H,24,28). The van der Waals surface area contributed by atoms with E-state index in [0.717, 1.165) is 30.0 Å². The van der Waals surface area contributed by atoms with Crippen LogP contribution in [0.2, 0.25) is 0 Å². The molecule has 2 aliphatic heterocycles. The molecule has 3 heterocycles. The smallest absolute Gasteiger partial charge is 0.265 e. The van der Waals surface area contributed by atoms with Crippen LogP contribution >= 0.6 is 0 Å². The molecule has 2 amide bonds. The van der Waals surface area contributed by atoms with Crippen molar-refractivity contribution in [2.45, 2.75) is 25.8 Å². The lowest BCUT2D eigenvalue weighted by atomic mass is 10.1. The average Bonchev–Trinajstić information content (AvgIpc) is 3.20. The third-order valence-corrected chi connectivity index (χ3v) is 5.48. The molecule has 0 spiro atoms. The number of amides is 2. The van der Waals surface area contributed by atoms with E-state index in [1.807, 2.05) is 36.4 Å². The average molecular weight is 402 g/mol. The third-order valence-electron chi connectivity index (χ3n) is 5.48. The van der Waals surface area contributed by atoms with Gasteiger partial charge in [-0.25, -0.2) is 4.98 Å². The first-order valence-electron chi connectivity index (χ1n) is 10.2. The quantitative estimate of drug-likeness (QED) is 0.727. The van der Waals surface area contributed by atoms with Crippen molar-refractivity contribution >= 4 is 23.2 Å². The summed E-state index contributed by atoms with van der Waals surface area (Å²) in [5, 5.41) is 2.87. The number of fused-ring (bicyclic) bond motifs is 2. The second-order valence-corrected chi connectivity index (χ2v) is 7.55. The monoisotopic (exact) mass is 402 g/mol. The number of ether oxygens (including phenoxy) is 1. The van der Waals surface area contributed by atoms with Gasteiger partial charge in [-0.3, -0.25) is 14.5 Å². The van der Waals surface area contributed by atoms with Gasteiger partial charge in [0.1, 0.15) is 18.1 Å². The summed E-state index contributed by atoms with van der Waals surface area (Å²) in [5.74, 6) is 1.26. The number of carbonyl (C=O) groups is 2. The van der Waals surface area contributed by atoms with Crippen LogP contribution in [0.15, 0.2) is 54.7 Å². The molecule has 0 bridgehead atoms. The van der Waals surface area contributed by atoms with Crippen LogP contribution < -0.4 is 15.0 Å². The van der Waals surface area contributed by atoms with Gasteiger partial charge >= 0.3 is 0 Å². The SMILES string of the molecule is O=C(CN1C(=O)COc2ccccc21)Nc1ccc(-c2cn3c(n2)CCCC3)cc1. The molecule has 1 aromatic heterocycles. The molecular weight excluding hydrogens is 380 g/mol. The molecular formula is C23H22N4O3. The Bertz CT molecular complexity index is 1080. The van der Waals surface area contributed by atoms with E-state index in [-0.39, 0.29) is 25.0 Å². The van der Waals surface area contributed by atoms with Crippen molar-refractivity contribution < 1.29 is 14.3 Å². The number of nitrogens with zero attached hydrogens (tertiary/aromatic N) is 3. The molecule has 2 aliphatic rings. The van der Waals surface area contributed by atoms with Gasteiger partial charge in [-0.05, 0) is 37.1 Å². The number of aryl methyl sites for hydroxylation is 2. The Kier molecular flexibility index (Phi) is 4.71. The van der Waals surface area contributed by atoms with Crippen LogP contribution in [0.4, 0.5) is 11.4 Å². The molecule has 0 saturated heterocycles. The molecule has 30 heavy (non-hydrogen) atoms. The Morgan fingerprint density at radius 1 is 1.10 bits per heavy atom. The van der Waals surface area contributed by atoms with Crippen LogP contribution in [0.3, 0.4) is 0 Å². The summed E-state index contributed by atoms with van der Waals surface area (Å²) in [6.45, 7) is 0.905. The van der Waals surface area contributed by atoms with Gasteiger partial charge in [0.2, 0.25) is 5.91 Å². The molecule has 7 heteroatoms. The van der Waals surface area contributed by atoms with Crippen molar-refractivity contribution in [1.82, 2.24) is 9.55 Å². The molecule has 0 fully saturated rings. The molecule has 3 aromatic rings. The summed E-state index contributed by atoms with van der Waals surface area (Å²) in [6, 6.07) is 14.9. The summed E-state index contributed by atoms with van der Waals surface area (Å²) in [4.78, 5) is 31.0. The predicted molar refractivity (Wildman–Crippen MR) is 114 cm³/mol.